The number of nitrogens with zero attached hydrogens (tertiary/aromatic N) is 1. The third-order valence-corrected chi connectivity index (χ3v) is 3.63. The van der Waals surface area contributed by atoms with Gasteiger partial charge in [0.2, 0.25) is 0 Å². The zero-order valence-corrected chi connectivity index (χ0v) is 11.6. The zero-order valence-electron chi connectivity index (χ0n) is 10.8. The lowest BCUT2D eigenvalue weighted by molar-refractivity contribution is 0.0969. The van der Waals surface area contributed by atoms with Crippen molar-refractivity contribution in [3.63, 3.8) is 0 Å². The van der Waals surface area contributed by atoms with E-state index in [2.05, 4.69) is 0 Å². The van der Waals surface area contributed by atoms with Gasteiger partial charge in [-0.25, -0.2) is 8.78 Å². The monoisotopic (exact) mass is 305 g/mol. The third kappa shape index (κ3) is 2.54. The molecule has 3 rings (SSSR count). The van der Waals surface area contributed by atoms with Crippen LogP contribution in [0.1, 0.15) is 10.4 Å². The smallest absolute Gasteiger partial charge is 0.185 e. The Morgan fingerprint density at radius 2 is 1.95 bits per heavy atom. The van der Waals surface area contributed by atoms with Crippen molar-refractivity contribution < 1.29 is 13.6 Å². The molecule has 106 valence electrons. The van der Waals surface area contributed by atoms with Crippen LogP contribution in [-0.4, -0.2) is 10.4 Å². The maximum Gasteiger partial charge on any atom is 0.185 e. The molecule has 0 aliphatic rings. The SMILES string of the molecule is O=C(Cn1ccc2c(Cl)cccc21)c1cc(F)ccc1F. The molecule has 1 heterocycles. The molecular formula is C16H10ClF2NO. The van der Waals surface area contributed by atoms with Crippen LogP contribution in [0.15, 0.2) is 48.7 Å². The lowest BCUT2D eigenvalue weighted by Gasteiger charge is -2.06. The van der Waals surface area contributed by atoms with Crippen LogP contribution < -0.4 is 0 Å². The highest BCUT2D eigenvalue weighted by Gasteiger charge is 2.14. The van der Waals surface area contributed by atoms with Gasteiger partial charge in [-0.2, -0.15) is 0 Å². The predicted octanol–water partition coefficient (Wildman–Crippen LogP) is 4.46. The Bertz CT molecular complexity index is 841. The van der Waals surface area contributed by atoms with E-state index in [1.165, 1.54) is 0 Å². The van der Waals surface area contributed by atoms with Crippen molar-refractivity contribution in [2.75, 3.05) is 0 Å². The van der Waals surface area contributed by atoms with Gasteiger partial charge in [0.25, 0.3) is 0 Å². The lowest BCUT2D eigenvalue weighted by Crippen LogP contribution is -2.11. The fourth-order valence-corrected chi connectivity index (χ4v) is 2.51. The van der Waals surface area contributed by atoms with Crippen molar-refractivity contribution in [3.05, 3.63) is 70.9 Å². The van der Waals surface area contributed by atoms with Gasteiger partial charge >= 0.3 is 0 Å². The largest absolute Gasteiger partial charge is 0.340 e. The van der Waals surface area contributed by atoms with Crippen LogP contribution in [0.5, 0.6) is 0 Å². The van der Waals surface area contributed by atoms with Crippen molar-refractivity contribution in [3.8, 4) is 0 Å². The normalized spacial score (nSPS) is 11.0. The van der Waals surface area contributed by atoms with Crippen LogP contribution in [0, 0.1) is 11.6 Å². The van der Waals surface area contributed by atoms with Crippen LogP contribution in [0.2, 0.25) is 5.02 Å². The second-order valence-electron chi connectivity index (χ2n) is 4.66. The van der Waals surface area contributed by atoms with Crippen molar-refractivity contribution >= 4 is 28.3 Å². The molecule has 2 nitrogen and oxygen atoms in total. The standard InChI is InChI=1S/C16H10ClF2NO/c17-13-2-1-3-15-11(13)6-7-20(15)9-16(21)12-8-10(18)4-5-14(12)19/h1-8H,9H2. The number of carbonyl (C=O) groups is 1. The Morgan fingerprint density at radius 1 is 1.14 bits per heavy atom. The number of carbonyl (C=O) groups excluding carboxylic acids is 1. The van der Waals surface area contributed by atoms with E-state index in [0.29, 0.717) is 5.02 Å². The Hall–Kier alpha value is -2.20. The summed E-state index contributed by atoms with van der Waals surface area (Å²) in [4.78, 5) is 12.2. The molecule has 0 saturated heterocycles. The molecule has 0 aliphatic heterocycles. The van der Waals surface area contributed by atoms with Gasteiger partial charge in [-0.3, -0.25) is 4.79 Å². The molecule has 0 unspecified atom stereocenters. The first-order valence-corrected chi connectivity index (χ1v) is 6.65. The molecule has 0 N–H and O–H groups in total. The van der Waals surface area contributed by atoms with E-state index in [1.54, 1.807) is 29.0 Å². The van der Waals surface area contributed by atoms with E-state index in [9.17, 15) is 13.6 Å². The molecule has 0 radical (unpaired) electrons. The minimum Gasteiger partial charge on any atom is -0.340 e. The number of benzene rings is 2. The minimum atomic E-state index is -0.726. The number of Topliss-reactive ketones (excluding diaryl/α,β-unsaturated/α-hetero) is 1. The van der Waals surface area contributed by atoms with E-state index in [1.807, 2.05) is 6.07 Å². The van der Waals surface area contributed by atoms with Gasteiger partial charge in [0, 0.05) is 22.1 Å². The summed E-state index contributed by atoms with van der Waals surface area (Å²) >= 11 is 6.06. The summed E-state index contributed by atoms with van der Waals surface area (Å²) in [6.45, 7) is -0.0792. The van der Waals surface area contributed by atoms with Gasteiger partial charge in [0.15, 0.2) is 5.78 Å². The van der Waals surface area contributed by atoms with Gasteiger partial charge < -0.3 is 4.57 Å². The first-order chi connectivity index (χ1) is 10.1. The zero-order chi connectivity index (χ0) is 15.0. The molecule has 0 atom stereocenters. The van der Waals surface area contributed by atoms with Crippen LogP contribution in [0.4, 0.5) is 8.78 Å². The summed E-state index contributed by atoms with van der Waals surface area (Å²) in [7, 11) is 0. The fraction of sp³-hybridized carbons (Fsp3) is 0.0625. The molecular weight excluding hydrogens is 296 g/mol. The molecule has 2 aromatic carbocycles. The van der Waals surface area contributed by atoms with Gasteiger partial charge in [-0.1, -0.05) is 17.7 Å². The summed E-state index contributed by atoms with van der Waals surface area (Å²) in [5.41, 5.74) is 0.520. The summed E-state index contributed by atoms with van der Waals surface area (Å²) in [5, 5.41) is 1.39. The van der Waals surface area contributed by atoms with Crippen LogP contribution in [0.3, 0.4) is 0 Å². The summed E-state index contributed by atoms with van der Waals surface area (Å²) < 4.78 is 28.4. The van der Waals surface area contributed by atoms with Crippen molar-refractivity contribution in [2.24, 2.45) is 0 Å². The van der Waals surface area contributed by atoms with Crippen LogP contribution >= 0.6 is 11.6 Å². The molecule has 0 saturated carbocycles. The first-order valence-electron chi connectivity index (χ1n) is 6.28. The number of hydrogen-bond donors (Lipinski definition) is 0. The Labute approximate surface area is 124 Å². The average molecular weight is 306 g/mol. The molecule has 0 aliphatic carbocycles. The van der Waals surface area contributed by atoms with Gasteiger partial charge in [0.05, 0.1) is 12.1 Å². The Morgan fingerprint density at radius 3 is 2.76 bits per heavy atom. The van der Waals surface area contributed by atoms with E-state index < -0.39 is 17.4 Å². The highest BCUT2D eigenvalue weighted by Crippen LogP contribution is 2.24. The third-order valence-electron chi connectivity index (χ3n) is 3.30. The number of ketones is 1. The summed E-state index contributed by atoms with van der Waals surface area (Å²) in [6.07, 6.45) is 1.70. The van der Waals surface area contributed by atoms with Gasteiger partial charge in [-0.05, 0) is 36.4 Å². The first kappa shape index (κ1) is 13.8. The molecule has 21 heavy (non-hydrogen) atoms. The van der Waals surface area contributed by atoms with E-state index >= 15 is 0 Å². The second-order valence-corrected chi connectivity index (χ2v) is 5.07. The average Bonchev–Trinajstić information content (AvgIpc) is 2.86. The van der Waals surface area contributed by atoms with E-state index in [4.69, 9.17) is 11.6 Å². The highest BCUT2D eigenvalue weighted by molar-refractivity contribution is 6.35. The number of rotatable bonds is 3. The van der Waals surface area contributed by atoms with E-state index in [-0.39, 0.29) is 12.1 Å². The Balaban J connectivity index is 1.97. The fourth-order valence-electron chi connectivity index (χ4n) is 2.27. The molecule has 3 aromatic rings. The topological polar surface area (TPSA) is 22.0 Å². The maximum absolute atomic E-state index is 13.6. The molecule has 0 spiro atoms. The van der Waals surface area contributed by atoms with Crippen molar-refractivity contribution in [1.82, 2.24) is 4.57 Å². The highest BCUT2D eigenvalue weighted by atomic mass is 35.5. The molecule has 0 amide bonds. The molecule has 0 fully saturated rings. The molecule has 1 aromatic heterocycles. The number of fused-ring (bicyclic) bond motifs is 1. The number of hydrogen-bond acceptors (Lipinski definition) is 1. The lowest BCUT2D eigenvalue weighted by atomic mass is 10.1. The van der Waals surface area contributed by atoms with Crippen molar-refractivity contribution in [2.45, 2.75) is 6.54 Å². The summed E-state index contributed by atoms with van der Waals surface area (Å²) in [6, 6.07) is 9.97. The quantitative estimate of drug-likeness (QED) is 0.655. The van der Waals surface area contributed by atoms with E-state index in [0.717, 1.165) is 29.1 Å². The van der Waals surface area contributed by atoms with Crippen LogP contribution in [0.25, 0.3) is 10.9 Å². The molecule has 5 heteroatoms. The minimum absolute atomic E-state index is 0.0792. The maximum atomic E-state index is 13.6. The predicted molar refractivity (Wildman–Crippen MR) is 77.6 cm³/mol. The number of halogens is 3. The second kappa shape index (κ2) is 5.30. The number of aromatic nitrogens is 1. The molecule has 0 bridgehead atoms. The van der Waals surface area contributed by atoms with Crippen LogP contribution in [-0.2, 0) is 6.54 Å². The van der Waals surface area contributed by atoms with Gasteiger partial charge in [0.1, 0.15) is 11.6 Å². The summed E-state index contributed by atoms with van der Waals surface area (Å²) in [5.74, 6) is -1.86. The van der Waals surface area contributed by atoms with Gasteiger partial charge in [-0.15, -0.1) is 0 Å². The van der Waals surface area contributed by atoms with Crippen molar-refractivity contribution in [1.29, 1.82) is 0 Å². The Kier molecular flexibility index (Phi) is 3.47.